The van der Waals surface area contributed by atoms with Gasteiger partial charge in [0.1, 0.15) is 0 Å². The summed E-state index contributed by atoms with van der Waals surface area (Å²) in [5.74, 6) is 1.53. The second kappa shape index (κ2) is 12.0. The van der Waals surface area contributed by atoms with Gasteiger partial charge in [0.15, 0.2) is 17.3 Å². The number of Topliss-reactive ketones (excluding diaryl/α,β-unsaturated/α-hetero) is 3. The molecule has 2 heterocycles. The highest BCUT2D eigenvalue weighted by molar-refractivity contribution is 6.35. The van der Waals surface area contributed by atoms with Crippen LogP contribution in [-0.4, -0.2) is 66.4 Å². The Kier molecular flexibility index (Phi) is 8.54. The molecule has 0 atom stereocenters. The fourth-order valence-electron chi connectivity index (χ4n) is 6.23. The Morgan fingerprint density at radius 1 is 0.789 bits per heavy atom. The zero-order valence-electron chi connectivity index (χ0n) is 23.1. The Morgan fingerprint density at radius 3 is 1.97 bits per heavy atom. The summed E-state index contributed by atoms with van der Waals surface area (Å²) in [6, 6.07) is 5.76. The molecule has 0 unspecified atom stereocenters. The van der Waals surface area contributed by atoms with Crippen molar-refractivity contribution in [2.75, 3.05) is 39.3 Å². The summed E-state index contributed by atoms with van der Waals surface area (Å²) < 4.78 is 0. The van der Waals surface area contributed by atoms with Crippen molar-refractivity contribution in [1.29, 1.82) is 0 Å². The summed E-state index contributed by atoms with van der Waals surface area (Å²) in [6.45, 7) is 11.0. The minimum Gasteiger partial charge on any atom is -0.303 e. The maximum atomic E-state index is 13.3. The maximum absolute atomic E-state index is 13.3. The zero-order valence-corrected chi connectivity index (χ0v) is 23.1. The molecule has 4 aliphatic rings. The third kappa shape index (κ3) is 6.16. The van der Waals surface area contributed by atoms with Crippen molar-refractivity contribution in [3.05, 3.63) is 58.2 Å². The minimum atomic E-state index is -0.181. The Labute approximate surface area is 227 Å². The van der Waals surface area contributed by atoms with Gasteiger partial charge in [0.05, 0.1) is 5.57 Å². The first-order valence-electron chi connectivity index (χ1n) is 14.7. The molecule has 0 bridgehead atoms. The summed E-state index contributed by atoms with van der Waals surface area (Å²) in [5.41, 5.74) is 4.31. The van der Waals surface area contributed by atoms with E-state index in [-0.39, 0.29) is 17.3 Å². The lowest BCUT2D eigenvalue weighted by Gasteiger charge is -2.30. The number of carbonyl (C=O) groups is 3. The predicted molar refractivity (Wildman–Crippen MR) is 153 cm³/mol. The average molecular weight is 515 g/mol. The van der Waals surface area contributed by atoms with Crippen molar-refractivity contribution in [3.63, 3.8) is 0 Å². The third-order valence-electron chi connectivity index (χ3n) is 8.97. The summed E-state index contributed by atoms with van der Waals surface area (Å²) in [7, 11) is 0. The van der Waals surface area contributed by atoms with Crippen LogP contribution in [0.15, 0.2) is 41.5 Å². The molecule has 0 aromatic heterocycles. The van der Waals surface area contributed by atoms with E-state index in [0.717, 1.165) is 80.6 Å². The molecule has 1 aromatic rings. The summed E-state index contributed by atoms with van der Waals surface area (Å²) >= 11 is 0. The number of carbonyl (C=O) groups excluding carboxylic acids is 3. The van der Waals surface area contributed by atoms with Crippen LogP contribution in [0.5, 0.6) is 0 Å². The normalized spacial score (nSPS) is 21.0. The van der Waals surface area contributed by atoms with Gasteiger partial charge in [0, 0.05) is 24.0 Å². The lowest BCUT2D eigenvalue weighted by Crippen LogP contribution is -2.33. The Bertz CT molecular complexity index is 1170. The van der Waals surface area contributed by atoms with Crippen LogP contribution >= 0.6 is 0 Å². The van der Waals surface area contributed by atoms with Crippen molar-refractivity contribution in [2.24, 2.45) is 11.8 Å². The van der Waals surface area contributed by atoms with E-state index < -0.39 is 0 Å². The van der Waals surface area contributed by atoms with E-state index in [1.165, 1.54) is 25.7 Å². The number of hydrogen-bond donors (Lipinski definition) is 0. The molecule has 2 saturated heterocycles. The van der Waals surface area contributed by atoms with Gasteiger partial charge >= 0.3 is 0 Å². The molecule has 0 amide bonds. The van der Waals surface area contributed by atoms with E-state index in [9.17, 15) is 14.4 Å². The second-order valence-electron chi connectivity index (χ2n) is 12.0. The highest BCUT2D eigenvalue weighted by Gasteiger charge is 2.31. The molecule has 0 spiro atoms. The monoisotopic (exact) mass is 514 g/mol. The van der Waals surface area contributed by atoms with Crippen LogP contribution in [0.3, 0.4) is 0 Å². The van der Waals surface area contributed by atoms with Crippen LogP contribution in [0.4, 0.5) is 0 Å². The van der Waals surface area contributed by atoms with Crippen LogP contribution in [0, 0.1) is 11.8 Å². The molecule has 0 radical (unpaired) electrons. The van der Waals surface area contributed by atoms with Gasteiger partial charge in [0.2, 0.25) is 0 Å². The molecule has 2 aliphatic carbocycles. The van der Waals surface area contributed by atoms with Gasteiger partial charge < -0.3 is 9.80 Å². The van der Waals surface area contributed by atoms with Gasteiger partial charge in [-0.1, -0.05) is 32.1 Å². The lowest BCUT2D eigenvalue weighted by atomic mass is 9.88. The van der Waals surface area contributed by atoms with Crippen molar-refractivity contribution in [1.82, 2.24) is 9.80 Å². The Morgan fingerprint density at radius 2 is 1.37 bits per heavy atom. The number of benzene rings is 1. The van der Waals surface area contributed by atoms with Crippen molar-refractivity contribution in [2.45, 2.75) is 65.2 Å². The highest BCUT2D eigenvalue weighted by atomic mass is 16.1. The molecular formula is C33H42N2O3. The SMILES string of the molecule is CC1CCN(CCCC(=O)C2=CC=C3C(=Cc4cc(C(=O)CCCN5CCC(C)CC5)ccc43)C2=O)CC1. The van der Waals surface area contributed by atoms with Gasteiger partial charge in [0.25, 0.3) is 0 Å². The number of fused-ring (bicyclic) bond motifs is 3. The number of ketones is 3. The fraction of sp³-hybridized carbons (Fsp3) is 0.545. The maximum Gasteiger partial charge on any atom is 0.197 e. The predicted octanol–water partition coefficient (Wildman–Crippen LogP) is 5.75. The minimum absolute atomic E-state index is 0.0634. The van der Waals surface area contributed by atoms with Crippen LogP contribution in [0.25, 0.3) is 11.6 Å². The van der Waals surface area contributed by atoms with Gasteiger partial charge in [-0.05, 0) is 125 Å². The molecule has 2 aliphatic heterocycles. The molecule has 5 heteroatoms. The highest BCUT2D eigenvalue weighted by Crippen LogP contribution is 2.40. The molecule has 202 valence electrons. The van der Waals surface area contributed by atoms with E-state index >= 15 is 0 Å². The molecule has 2 fully saturated rings. The summed E-state index contributed by atoms with van der Waals surface area (Å²) in [4.78, 5) is 44.0. The average Bonchev–Trinajstić information content (AvgIpc) is 3.30. The van der Waals surface area contributed by atoms with E-state index in [0.29, 0.717) is 29.6 Å². The molecule has 38 heavy (non-hydrogen) atoms. The van der Waals surface area contributed by atoms with E-state index in [1.54, 1.807) is 6.08 Å². The van der Waals surface area contributed by atoms with Crippen LogP contribution < -0.4 is 0 Å². The molecular weight excluding hydrogens is 472 g/mol. The molecule has 1 aromatic carbocycles. The van der Waals surface area contributed by atoms with Gasteiger partial charge in [-0.25, -0.2) is 0 Å². The number of rotatable bonds is 10. The molecule has 0 saturated carbocycles. The number of nitrogens with zero attached hydrogens (tertiary/aromatic N) is 2. The van der Waals surface area contributed by atoms with E-state index in [4.69, 9.17) is 0 Å². The number of hydrogen-bond acceptors (Lipinski definition) is 5. The quantitative estimate of drug-likeness (QED) is 0.294. The summed E-state index contributed by atoms with van der Waals surface area (Å²) in [6.07, 6.45) is 13.0. The van der Waals surface area contributed by atoms with Crippen LogP contribution in [0.2, 0.25) is 0 Å². The Hall–Kier alpha value is -2.63. The van der Waals surface area contributed by atoms with Gasteiger partial charge in [-0.2, -0.15) is 0 Å². The molecule has 0 N–H and O–H groups in total. The largest absolute Gasteiger partial charge is 0.303 e. The smallest absolute Gasteiger partial charge is 0.197 e. The van der Waals surface area contributed by atoms with Crippen molar-refractivity contribution < 1.29 is 14.4 Å². The third-order valence-corrected chi connectivity index (χ3v) is 8.97. The second-order valence-corrected chi connectivity index (χ2v) is 12.0. The van der Waals surface area contributed by atoms with Crippen LogP contribution in [-0.2, 0) is 9.59 Å². The Balaban J connectivity index is 1.15. The zero-order chi connectivity index (χ0) is 26.6. The number of piperidine rings is 2. The molecule has 5 nitrogen and oxygen atoms in total. The first-order chi connectivity index (χ1) is 18.4. The van der Waals surface area contributed by atoms with Crippen molar-refractivity contribution >= 4 is 29.0 Å². The summed E-state index contributed by atoms with van der Waals surface area (Å²) in [5, 5.41) is 0. The van der Waals surface area contributed by atoms with Crippen molar-refractivity contribution in [3.8, 4) is 0 Å². The number of likely N-dealkylation sites (tertiary alicyclic amines) is 2. The standard InChI is InChI=1S/C33H42N2O3/c1-23-11-17-34(18-12-23)15-3-5-31(36)25-7-8-27-26(21-25)22-30-28(27)9-10-29(33(30)38)32(37)6-4-16-35-19-13-24(2)14-20-35/h7-10,21-24H,3-6,11-20H2,1-2H3. The fourth-order valence-corrected chi connectivity index (χ4v) is 6.23. The lowest BCUT2D eigenvalue weighted by molar-refractivity contribution is -0.119. The first kappa shape index (κ1) is 27.0. The van der Waals surface area contributed by atoms with Gasteiger partial charge in [-0.3, -0.25) is 14.4 Å². The van der Waals surface area contributed by atoms with Gasteiger partial charge in [-0.15, -0.1) is 0 Å². The number of allylic oxidation sites excluding steroid dienone is 5. The first-order valence-corrected chi connectivity index (χ1v) is 14.7. The van der Waals surface area contributed by atoms with E-state index in [1.807, 2.05) is 30.4 Å². The topological polar surface area (TPSA) is 57.7 Å². The molecule has 5 rings (SSSR count). The van der Waals surface area contributed by atoms with E-state index in [2.05, 4.69) is 23.6 Å². The van der Waals surface area contributed by atoms with Crippen LogP contribution in [0.1, 0.15) is 86.7 Å².